The van der Waals surface area contributed by atoms with Crippen LogP contribution >= 0.6 is 0 Å². The quantitative estimate of drug-likeness (QED) is 0.660. The van der Waals surface area contributed by atoms with E-state index in [0.29, 0.717) is 0 Å². The maximum atomic E-state index is 4.03. The van der Waals surface area contributed by atoms with Crippen molar-refractivity contribution < 1.29 is 0 Å². The smallest absolute Gasteiger partial charge is 0.0273 e. The minimum absolute atomic E-state index is 1.25. The number of rotatable bonds is 1. The first kappa shape index (κ1) is 8.95. The number of aryl methyl sites for hydroxylation is 2. The van der Waals surface area contributed by atoms with Gasteiger partial charge in [0.25, 0.3) is 0 Å². The highest BCUT2D eigenvalue weighted by molar-refractivity contribution is 5.70. The van der Waals surface area contributed by atoms with Crippen LogP contribution in [0.5, 0.6) is 0 Å². The molecule has 0 aliphatic carbocycles. The van der Waals surface area contributed by atoms with Crippen molar-refractivity contribution in [1.82, 2.24) is 4.98 Å². The van der Waals surface area contributed by atoms with Gasteiger partial charge in [0.05, 0.1) is 0 Å². The summed E-state index contributed by atoms with van der Waals surface area (Å²) >= 11 is 0. The highest BCUT2D eigenvalue weighted by Crippen LogP contribution is 2.25. The van der Waals surface area contributed by atoms with Crippen molar-refractivity contribution in [3.8, 4) is 11.1 Å². The van der Waals surface area contributed by atoms with Crippen LogP contribution in [0.4, 0.5) is 0 Å². The van der Waals surface area contributed by atoms with Crippen molar-refractivity contribution in [2.75, 3.05) is 0 Å². The van der Waals surface area contributed by atoms with E-state index in [1.807, 2.05) is 12.4 Å². The van der Waals surface area contributed by atoms with Crippen molar-refractivity contribution >= 4 is 0 Å². The third-order valence-corrected chi connectivity index (χ3v) is 2.45. The van der Waals surface area contributed by atoms with Gasteiger partial charge in [-0.15, -0.1) is 0 Å². The van der Waals surface area contributed by atoms with Gasteiger partial charge in [-0.3, -0.25) is 4.98 Å². The Kier molecular flexibility index (Phi) is 2.32. The van der Waals surface area contributed by atoms with Crippen LogP contribution in [0.2, 0.25) is 0 Å². The van der Waals surface area contributed by atoms with E-state index in [0.717, 1.165) is 0 Å². The number of hydrogen-bond acceptors (Lipinski definition) is 1. The van der Waals surface area contributed by atoms with Crippen molar-refractivity contribution in [2.24, 2.45) is 0 Å². The molecule has 1 nitrogen and oxygen atoms in total. The maximum Gasteiger partial charge on any atom is 0.0273 e. The van der Waals surface area contributed by atoms with Gasteiger partial charge in [0, 0.05) is 12.4 Å². The lowest BCUT2D eigenvalue weighted by Crippen LogP contribution is -1.87. The summed E-state index contributed by atoms with van der Waals surface area (Å²) in [6, 6.07) is 10.5. The van der Waals surface area contributed by atoms with Gasteiger partial charge in [-0.25, -0.2) is 0 Å². The molecular formula is C13H13N. The Morgan fingerprint density at radius 3 is 2.00 bits per heavy atom. The zero-order chi connectivity index (χ0) is 9.97. The Balaban J connectivity index is 2.63. The first-order valence-corrected chi connectivity index (χ1v) is 4.75. The second kappa shape index (κ2) is 3.62. The summed E-state index contributed by atoms with van der Waals surface area (Å²) in [5, 5.41) is 0. The Morgan fingerprint density at radius 2 is 1.43 bits per heavy atom. The molecule has 0 amide bonds. The summed E-state index contributed by atoms with van der Waals surface area (Å²) in [6.07, 6.45) is 3.67. The van der Waals surface area contributed by atoms with E-state index >= 15 is 0 Å². The van der Waals surface area contributed by atoms with E-state index in [2.05, 4.69) is 49.2 Å². The average molecular weight is 183 g/mol. The molecule has 0 bridgehead atoms. The first-order chi connectivity index (χ1) is 6.79. The van der Waals surface area contributed by atoms with Crippen molar-refractivity contribution in [3.05, 3.63) is 53.9 Å². The predicted octanol–water partition coefficient (Wildman–Crippen LogP) is 3.37. The molecule has 0 unspecified atom stereocenters. The molecule has 14 heavy (non-hydrogen) atoms. The summed E-state index contributed by atoms with van der Waals surface area (Å²) in [6.45, 7) is 4.28. The van der Waals surface area contributed by atoms with Crippen LogP contribution in [0.1, 0.15) is 11.1 Å². The monoisotopic (exact) mass is 183 g/mol. The van der Waals surface area contributed by atoms with E-state index < -0.39 is 0 Å². The summed E-state index contributed by atoms with van der Waals surface area (Å²) < 4.78 is 0. The van der Waals surface area contributed by atoms with E-state index in [1.54, 1.807) is 0 Å². The van der Waals surface area contributed by atoms with Crippen LogP contribution in [0.15, 0.2) is 42.7 Å². The normalized spacial score (nSPS) is 10.1. The third-order valence-electron chi connectivity index (χ3n) is 2.45. The molecule has 0 aliphatic heterocycles. The van der Waals surface area contributed by atoms with Gasteiger partial charge in [0.1, 0.15) is 0 Å². The van der Waals surface area contributed by atoms with Gasteiger partial charge in [-0.2, -0.15) is 0 Å². The van der Waals surface area contributed by atoms with Gasteiger partial charge in [-0.1, -0.05) is 18.2 Å². The molecule has 2 rings (SSSR count). The van der Waals surface area contributed by atoms with Gasteiger partial charge >= 0.3 is 0 Å². The van der Waals surface area contributed by atoms with Crippen LogP contribution < -0.4 is 0 Å². The van der Waals surface area contributed by atoms with Crippen molar-refractivity contribution in [1.29, 1.82) is 0 Å². The second-order valence-corrected chi connectivity index (χ2v) is 3.50. The van der Waals surface area contributed by atoms with Crippen molar-refractivity contribution in [2.45, 2.75) is 13.8 Å². The predicted molar refractivity (Wildman–Crippen MR) is 59.1 cm³/mol. The molecule has 0 spiro atoms. The lowest BCUT2D eigenvalue weighted by atomic mass is 9.97. The van der Waals surface area contributed by atoms with Gasteiger partial charge in [-0.05, 0) is 48.2 Å². The fraction of sp³-hybridized carbons (Fsp3) is 0.154. The molecule has 1 aromatic heterocycles. The molecular weight excluding hydrogens is 170 g/mol. The topological polar surface area (TPSA) is 12.9 Å². The summed E-state index contributed by atoms with van der Waals surface area (Å²) in [4.78, 5) is 4.03. The van der Waals surface area contributed by atoms with Crippen LogP contribution in [0.3, 0.4) is 0 Å². The molecule has 0 N–H and O–H groups in total. The Bertz CT molecular complexity index is 412. The van der Waals surface area contributed by atoms with Gasteiger partial charge < -0.3 is 0 Å². The second-order valence-electron chi connectivity index (χ2n) is 3.50. The molecule has 0 saturated carbocycles. The largest absolute Gasteiger partial charge is 0.265 e. The fourth-order valence-corrected chi connectivity index (χ4v) is 1.79. The number of aromatic nitrogens is 1. The lowest BCUT2D eigenvalue weighted by molar-refractivity contribution is 1.31. The third kappa shape index (κ3) is 1.53. The molecule has 0 saturated heterocycles. The number of pyridine rings is 1. The number of nitrogens with zero attached hydrogens (tertiary/aromatic N) is 1. The first-order valence-electron chi connectivity index (χ1n) is 4.75. The molecule has 1 aromatic carbocycles. The molecule has 0 aliphatic rings. The van der Waals surface area contributed by atoms with Gasteiger partial charge in [0.15, 0.2) is 0 Å². The fourth-order valence-electron chi connectivity index (χ4n) is 1.79. The average Bonchev–Trinajstić information content (AvgIpc) is 2.19. The molecule has 70 valence electrons. The van der Waals surface area contributed by atoms with Crippen LogP contribution in [-0.4, -0.2) is 4.98 Å². The van der Waals surface area contributed by atoms with E-state index in [4.69, 9.17) is 0 Å². The summed E-state index contributed by atoms with van der Waals surface area (Å²) in [5.41, 5.74) is 5.21. The number of hydrogen-bond donors (Lipinski definition) is 0. The molecule has 1 heterocycles. The standard InChI is InChI=1S/C13H13N/c1-10-4-3-5-11(2)13(10)12-6-8-14-9-7-12/h3-9H,1-2H3. The Hall–Kier alpha value is -1.63. The van der Waals surface area contributed by atoms with Crippen molar-refractivity contribution in [3.63, 3.8) is 0 Å². The Morgan fingerprint density at radius 1 is 0.857 bits per heavy atom. The minimum Gasteiger partial charge on any atom is -0.265 e. The number of benzene rings is 1. The molecule has 1 heteroatoms. The zero-order valence-electron chi connectivity index (χ0n) is 8.49. The zero-order valence-corrected chi connectivity index (χ0v) is 8.49. The van der Waals surface area contributed by atoms with Crippen LogP contribution in [0, 0.1) is 13.8 Å². The van der Waals surface area contributed by atoms with E-state index in [-0.39, 0.29) is 0 Å². The summed E-state index contributed by atoms with van der Waals surface area (Å²) in [5.74, 6) is 0. The van der Waals surface area contributed by atoms with Gasteiger partial charge in [0.2, 0.25) is 0 Å². The summed E-state index contributed by atoms with van der Waals surface area (Å²) in [7, 11) is 0. The highest BCUT2D eigenvalue weighted by Gasteiger charge is 2.03. The Labute approximate surface area is 84.4 Å². The lowest BCUT2D eigenvalue weighted by Gasteiger charge is -2.08. The van der Waals surface area contributed by atoms with E-state index in [9.17, 15) is 0 Å². The highest BCUT2D eigenvalue weighted by atomic mass is 14.6. The maximum absolute atomic E-state index is 4.03. The van der Waals surface area contributed by atoms with Crippen LogP contribution in [0.25, 0.3) is 11.1 Å². The minimum atomic E-state index is 1.25. The molecule has 0 fully saturated rings. The molecule has 0 atom stereocenters. The van der Waals surface area contributed by atoms with Crippen LogP contribution in [-0.2, 0) is 0 Å². The molecule has 2 aromatic rings. The SMILES string of the molecule is Cc1cccc(C)c1-c1ccncc1. The molecule has 0 radical (unpaired) electrons. The van der Waals surface area contributed by atoms with E-state index in [1.165, 1.54) is 22.3 Å².